The smallest absolute Gasteiger partial charge is 0.256 e. The standard InChI is InChI=1S/C22H23N3O3S/c1-14(2)28-17-10-8-16(9-11-17)22(26)23-21-18-12-29(27)13-19(18)24-25(21)20-7-5-4-6-15(20)3/h4-11,14H,12-13H2,1-3H3,(H,23,26)/t29-/m0/s1. The first-order chi connectivity index (χ1) is 13.9. The molecule has 4 rings (SSSR count). The first-order valence-corrected chi connectivity index (χ1v) is 11.0. The van der Waals surface area contributed by atoms with Gasteiger partial charge in [-0.1, -0.05) is 18.2 Å². The van der Waals surface area contributed by atoms with Crippen LogP contribution in [-0.2, 0) is 22.3 Å². The molecule has 0 bridgehead atoms. The molecular formula is C22H23N3O3S. The Morgan fingerprint density at radius 2 is 1.86 bits per heavy atom. The number of anilines is 1. The molecule has 3 aromatic rings. The van der Waals surface area contributed by atoms with Crippen LogP contribution in [0.15, 0.2) is 48.5 Å². The number of aromatic nitrogens is 2. The Morgan fingerprint density at radius 1 is 1.14 bits per heavy atom. The predicted octanol–water partition coefficient (Wildman–Crippen LogP) is 3.98. The second kappa shape index (κ2) is 7.83. The maximum Gasteiger partial charge on any atom is 0.256 e. The van der Waals surface area contributed by atoms with E-state index in [1.165, 1.54) is 0 Å². The van der Waals surface area contributed by atoms with E-state index in [0.29, 0.717) is 22.9 Å². The van der Waals surface area contributed by atoms with Crippen LogP contribution >= 0.6 is 0 Å². The van der Waals surface area contributed by atoms with Gasteiger partial charge in [0.25, 0.3) is 5.91 Å². The molecule has 1 atom stereocenters. The van der Waals surface area contributed by atoms with E-state index in [1.807, 2.05) is 45.0 Å². The van der Waals surface area contributed by atoms with E-state index in [2.05, 4.69) is 10.4 Å². The zero-order chi connectivity index (χ0) is 20.5. The van der Waals surface area contributed by atoms with E-state index in [0.717, 1.165) is 28.3 Å². The fraction of sp³-hybridized carbons (Fsp3) is 0.273. The lowest BCUT2D eigenvalue weighted by Crippen LogP contribution is -2.17. The molecule has 1 aliphatic heterocycles. The number of fused-ring (bicyclic) bond motifs is 1. The van der Waals surface area contributed by atoms with Crippen molar-refractivity contribution in [2.24, 2.45) is 0 Å². The van der Waals surface area contributed by atoms with Crippen molar-refractivity contribution in [2.45, 2.75) is 38.4 Å². The minimum atomic E-state index is -0.980. The summed E-state index contributed by atoms with van der Waals surface area (Å²) >= 11 is 0. The van der Waals surface area contributed by atoms with Crippen molar-refractivity contribution in [3.63, 3.8) is 0 Å². The lowest BCUT2D eigenvalue weighted by atomic mass is 10.2. The highest BCUT2D eigenvalue weighted by Gasteiger charge is 2.28. The molecule has 1 aromatic heterocycles. The molecule has 7 heteroatoms. The highest BCUT2D eigenvalue weighted by atomic mass is 32.2. The molecule has 0 radical (unpaired) electrons. The van der Waals surface area contributed by atoms with Crippen LogP contribution in [0.4, 0.5) is 5.82 Å². The summed E-state index contributed by atoms with van der Waals surface area (Å²) in [5.41, 5.74) is 4.08. The van der Waals surface area contributed by atoms with Crippen LogP contribution < -0.4 is 10.1 Å². The maximum absolute atomic E-state index is 12.9. The van der Waals surface area contributed by atoms with Crippen LogP contribution in [0.1, 0.15) is 41.0 Å². The topological polar surface area (TPSA) is 73.2 Å². The number of nitrogens with zero attached hydrogens (tertiary/aromatic N) is 2. The minimum Gasteiger partial charge on any atom is -0.491 e. The molecule has 0 fully saturated rings. The molecule has 150 valence electrons. The van der Waals surface area contributed by atoms with Crippen LogP contribution in [0.2, 0.25) is 0 Å². The summed E-state index contributed by atoms with van der Waals surface area (Å²) in [6.45, 7) is 5.91. The van der Waals surface area contributed by atoms with Crippen molar-refractivity contribution in [2.75, 3.05) is 5.32 Å². The molecule has 6 nitrogen and oxygen atoms in total. The number of rotatable bonds is 5. The summed E-state index contributed by atoms with van der Waals surface area (Å²) in [6, 6.07) is 14.9. The normalized spacial score (nSPS) is 15.4. The van der Waals surface area contributed by atoms with Gasteiger partial charge in [0.15, 0.2) is 0 Å². The third kappa shape index (κ3) is 3.96. The third-order valence-electron chi connectivity index (χ3n) is 4.73. The molecule has 29 heavy (non-hydrogen) atoms. The summed E-state index contributed by atoms with van der Waals surface area (Å²) in [6.07, 6.45) is 0.0709. The van der Waals surface area contributed by atoms with Crippen molar-refractivity contribution in [1.29, 1.82) is 0 Å². The summed E-state index contributed by atoms with van der Waals surface area (Å²) in [4.78, 5) is 12.9. The van der Waals surface area contributed by atoms with Gasteiger partial charge in [-0.2, -0.15) is 5.10 Å². The van der Waals surface area contributed by atoms with Gasteiger partial charge in [-0.3, -0.25) is 9.00 Å². The molecule has 0 saturated heterocycles. The first-order valence-electron chi connectivity index (χ1n) is 9.52. The van der Waals surface area contributed by atoms with Crippen LogP contribution in [0.25, 0.3) is 5.69 Å². The number of nitrogens with one attached hydrogen (secondary N) is 1. The average Bonchev–Trinajstić information content (AvgIpc) is 3.19. The van der Waals surface area contributed by atoms with Gasteiger partial charge in [-0.15, -0.1) is 0 Å². The molecule has 0 unspecified atom stereocenters. The van der Waals surface area contributed by atoms with Crippen LogP contribution in [0.3, 0.4) is 0 Å². The maximum atomic E-state index is 12.9. The number of hydrogen-bond acceptors (Lipinski definition) is 4. The molecule has 2 aromatic carbocycles. The van der Waals surface area contributed by atoms with E-state index in [9.17, 15) is 9.00 Å². The van der Waals surface area contributed by atoms with E-state index in [-0.39, 0.29) is 12.0 Å². The van der Waals surface area contributed by atoms with Crippen LogP contribution in [-0.4, -0.2) is 26.0 Å². The number of aryl methyl sites for hydroxylation is 1. The SMILES string of the molecule is Cc1ccccc1-n1nc2c(c1NC(=O)c1ccc(OC(C)C)cc1)C[S@](=O)C2. The Bertz CT molecular complexity index is 1090. The molecular weight excluding hydrogens is 386 g/mol. The summed E-state index contributed by atoms with van der Waals surface area (Å²) in [7, 11) is -0.980. The van der Waals surface area contributed by atoms with E-state index in [1.54, 1.807) is 28.9 Å². The fourth-order valence-corrected chi connectivity index (χ4v) is 4.63. The Hall–Kier alpha value is -2.93. The molecule has 0 spiro atoms. The lowest BCUT2D eigenvalue weighted by molar-refractivity contribution is 0.102. The van der Waals surface area contributed by atoms with E-state index in [4.69, 9.17) is 4.74 Å². The van der Waals surface area contributed by atoms with Gasteiger partial charge in [-0.25, -0.2) is 4.68 Å². The molecule has 2 heterocycles. The van der Waals surface area contributed by atoms with E-state index >= 15 is 0 Å². The highest BCUT2D eigenvalue weighted by Crippen LogP contribution is 2.32. The number of carbonyl (C=O) groups is 1. The van der Waals surface area contributed by atoms with Crippen molar-refractivity contribution in [3.05, 3.63) is 70.9 Å². The minimum absolute atomic E-state index is 0.0709. The summed E-state index contributed by atoms with van der Waals surface area (Å²) in [5, 5.41) is 7.65. The largest absolute Gasteiger partial charge is 0.491 e. The molecule has 0 aliphatic carbocycles. The highest BCUT2D eigenvalue weighted by molar-refractivity contribution is 7.83. The van der Waals surface area contributed by atoms with Crippen LogP contribution in [0.5, 0.6) is 5.75 Å². The summed E-state index contributed by atoms with van der Waals surface area (Å²) < 4.78 is 19.4. The molecule has 0 saturated carbocycles. The molecule has 1 N–H and O–H groups in total. The fourth-order valence-electron chi connectivity index (χ4n) is 3.37. The van der Waals surface area contributed by atoms with Gasteiger partial charge in [-0.05, 0) is 56.7 Å². The average molecular weight is 410 g/mol. The number of benzene rings is 2. The Balaban J connectivity index is 1.67. The predicted molar refractivity (Wildman–Crippen MR) is 114 cm³/mol. The third-order valence-corrected chi connectivity index (χ3v) is 5.94. The number of amides is 1. The van der Waals surface area contributed by atoms with Gasteiger partial charge in [0.1, 0.15) is 11.6 Å². The molecule has 1 aliphatic rings. The number of ether oxygens (including phenoxy) is 1. The molecule has 1 amide bonds. The zero-order valence-electron chi connectivity index (χ0n) is 16.6. The van der Waals surface area contributed by atoms with Gasteiger partial charge in [0.2, 0.25) is 0 Å². The second-order valence-electron chi connectivity index (χ2n) is 7.35. The van der Waals surface area contributed by atoms with Gasteiger partial charge in [0, 0.05) is 21.9 Å². The first kappa shape index (κ1) is 19.4. The van der Waals surface area contributed by atoms with Gasteiger partial charge < -0.3 is 10.1 Å². The van der Waals surface area contributed by atoms with Crippen molar-refractivity contribution < 1.29 is 13.7 Å². The van der Waals surface area contributed by atoms with Crippen molar-refractivity contribution in [1.82, 2.24) is 9.78 Å². The Morgan fingerprint density at radius 3 is 2.55 bits per heavy atom. The monoisotopic (exact) mass is 409 g/mol. The van der Waals surface area contributed by atoms with Gasteiger partial charge >= 0.3 is 0 Å². The van der Waals surface area contributed by atoms with Crippen molar-refractivity contribution in [3.8, 4) is 11.4 Å². The zero-order valence-corrected chi connectivity index (χ0v) is 17.5. The van der Waals surface area contributed by atoms with Gasteiger partial charge in [0.05, 0.1) is 29.0 Å². The summed E-state index contributed by atoms with van der Waals surface area (Å²) in [5.74, 6) is 1.89. The number of carbonyl (C=O) groups excluding carboxylic acids is 1. The Labute approximate surface area is 172 Å². The second-order valence-corrected chi connectivity index (χ2v) is 8.80. The number of hydrogen-bond donors (Lipinski definition) is 1. The van der Waals surface area contributed by atoms with E-state index < -0.39 is 10.8 Å². The lowest BCUT2D eigenvalue weighted by Gasteiger charge is -2.13. The Kier molecular flexibility index (Phi) is 5.24. The van der Waals surface area contributed by atoms with Crippen LogP contribution in [0, 0.1) is 6.92 Å². The number of para-hydroxylation sites is 1. The quantitative estimate of drug-likeness (QED) is 0.692. The van der Waals surface area contributed by atoms with Crippen molar-refractivity contribution >= 4 is 22.5 Å².